The lowest BCUT2D eigenvalue weighted by atomic mass is 10.1. The molecule has 0 aliphatic rings. The molecule has 0 aliphatic heterocycles. The molecule has 0 radical (unpaired) electrons. The molecular formula is C25H29N3O4. The second kappa shape index (κ2) is 11.1. The zero-order valence-corrected chi connectivity index (χ0v) is 18.8. The molecule has 1 heterocycles. The number of hydrogen-bond acceptors (Lipinski definition) is 5. The molecular weight excluding hydrogens is 406 g/mol. The van der Waals surface area contributed by atoms with Crippen LogP contribution >= 0.6 is 0 Å². The van der Waals surface area contributed by atoms with Gasteiger partial charge in [-0.2, -0.15) is 5.10 Å². The third kappa shape index (κ3) is 5.97. The van der Waals surface area contributed by atoms with Crippen molar-refractivity contribution in [3.63, 3.8) is 0 Å². The number of methoxy groups -OCH3 is 2. The molecule has 0 unspecified atom stereocenters. The van der Waals surface area contributed by atoms with Crippen LogP contribution in [0.15, 0.2) is 59.4 Å². The third-order valence-electron chi connectivity index (χ3n) is 5.26. The van der Waals surface area contributed by atoms with Crippen LogP contribution in [0.25, 0.3) is 11.3 Å². The van der Waals surface area contributed by atoms with Gasteiger partial charge in [0, 0.05) is 24.6 Å². The Morgan fingerprint density at radius 2 is 1.69 bits per heavy atom. The number of nitrogens with zero attached hydrogens (tertiary/aromatic N) is 2. The van der Waals surface area contributed by atoms with E-state index in [4.69, 9.17) is 9.47 Å². The first-order valence-electron chi connectivity index (χ1n) is 10.7. The van der Waals surface area contributed by atoms with Crippen molar-refractivity contribution >= 4 is 5.91 Å². The van der Waals surface area contributed by atoms with Crippen LogP contribution in [0.5, 0.6) is 11.5 Å². The Hall–Kier alpha value is -3.61. The number of aromatic nitrogens is 2. The van der Waals surface area contributed by atoms with Crippen LogP contribution in [-0.2, 0) is 24.2 Å². The van der Waals surface area contributed by atoms with Crippen molar-refractivity contribution in [1.82, 2.24) is 15.1 Å². The number of ether oxygens (including phenoxy) is 2. The summed E-state index contributed by atoms with van der Waals surface area (Å²) in [5.74, 6) is 1.20. The molecule has 0 aliphatic carbocycles. The highest BCUT2D eigenvalue weighted by Gasteiger charge is 2.08. The van der Waals surface area contributed by atoms with Gasteiger partial charge < -0.3 is 14.8 Å². The van der Waals surface area contributed by atoms with E-state index in [1.807, 2.05) is 30.3 Å². The van der Waals surface area contributed by atoms with Gasteiger partial charge in [0.2, 0.25) is 5.91 Å². The van der Waals surface area contributed by atoms with Crippen LogP contribution in [0, 0.1) is 0 Å². The molecule has 0 saturated carbocycles. The Morgan fingerprint density at radius 1 is 0.969 bits per heavy atom. The maximum Gasteiger partial charge on any atom is 0.266 e. The first-order valence-corrected chi connectivity index (χ1v) is 10.7. The van der Waals surface area contributed by atoms with Crippen molar-refractivity contribution in [2.24, 2.45) is 0 Å². The lowest BCUT2D eigenvalue weighted by molar-refractivity contribution is -0.121. The number of amides is 1. The fourth-order valence-corrected chi connectivity index (χ4v) is 3.35. The molecule has 7 nitrogen and oxygen atoms in total. The monoisotopic (exact) mass is 435 g/mol. The molecule has 32 heavy (non-hydrogen) atoms. The summed E-state index contributed by atoms with van der Waals surface area (Å²) >= 11 is 0. The highest BCUT2D eigenvalue weighted by Crippen LogP contribution is 2.27. The summed E-state index contributed by atoms with van der Waals surface area (Å²) in [4.78, 5) is 24.4. The molecule has 7 heteroatoms. The Labute approximate surface area is 188 Å². The van der Waals surface area contributed by atoms with Gasteiger partial charge in [-0.15, -0.1) is 0 Å². The van der Waals surface area contributed by atoms with Gasteiger partial charge in [-0.25, -0.2) is 4.68 Å². The van der Waals surface area contributed by atoms with Crippen molar-refractivity contribution in [1.29, 1.82) is 0 Å². The molecule has 3 aromatic rings. The summed E-state index contributed by atoms with van der Waals surface area (Å²) < 4.78 is 11.9. The summed E-state index contributed by atoms with van der Waals surface area (Å²) in [6, 6.07) is 17.0. The van der Waals surface area contributed by atoms with Gasteiger partial charge in [-0.05, 0) is 42.2 Å². The maximum absolute atomic E-state index is 12.3. The lowest BCUT2D eigenvalue weighted by Crippen LogP contribution is -2.29. The van der Waals surface area contributed by atoms with Crippen molar-refractivity contribution < 1.29 is 14.3 Å². The minimum absolute atomic E-state index is 0.128. The quantitative estimate of drug-likeness (QED) is 0.529. The number of carbonyl (C=O) groups is 1. The fraction of sp³-hybridized carbons (Fsp3) is 0.320. The highest BCUT2D eigenvalue weighted by molar-refractivity contribution is 5.75. The molecule has 1 amide bonds. The highest BCUT2D eigenvalue weighted by atomic mass is 16.5. The van der Waals surface area contributed by atoms with Crippen LogP contribution in [0.1, 0.15) is 24.5 Å². The van der Waals surface area contributed by atoms with E-state index in [-0.39, 0.29) is 24.4 Å². The number of nitrogens with one attached hydrogen (secondary N) is 1. The molecule has 0 spiro atoms. The topological polar surface area (TPSA) is 82.5 Å². The first kappa shape index (κ1) is 23.1. The summed E-state index contributed by atoms with van der Waals surface area (Å²) in [7, 11) is 3.18. The van der Waals surface area contributed by atoms with Crippen LogP contribution in [0.2, 0.25) is 0 Å². The molecule has 1 N–H and O–H groups in total. The second-order valence-electron chi connectivity index (χ2n) is 7.37. The number of hydrogen-bond donors (Lipinski definition) is 1. The Kier molecular flexibility index (Phi) is 8.02. The van der Waals surface area contributed by atoms with Gasteiger partial charge in [0.05, 0.1) is 26.5 Å². The first-order chi connectivity index (χ1) is 15.5. The Balaban J connectivity index is 1.53. The lowest BCUT2D eigenvalue weighted by Gasteiger charge is -2.10. The largest absolute Gasteiger partial charge is 0.493 e. The van der Waals surface area contributed by atoms with Gasteiger partial charge in [0.1, 0.15) is 0 Å². The Bertz CT molecular complexity index is 1110. The maximum atomic E-state index is 12.3. The number of rotatable bonds is 10. The van der Waals surface area contributed by atoms with Crippen molar-refractivity contribution in [2.45, 2.75) is 32.7 Å². The molecule has 0 fully saturated rings. The van der Waals surface area contributed by atoms with E-state index in [9.17, 15) is 9.59 Å². The number of benzene rings is 2. The summed E-state index contributed by atoms with van der Waals surface area (Å²) in [5.41, 5.74) is 3.70. The fourth-order valence-electron chi connectivity index (χ4n) is 3.35. The average Bonchev–Trinajstić information content (AvgIpc) is 2.83. The smallest absolute Gasteiger partial charge is 0.266 e. The van der Waals surface area contributed by atoms with Crippen LogP contribution in [0.4, 0.5) is 0 Å². The van der Waals surface area contributed by atoms with Gasteiger partial charge >= 0.3 is 0 Å². The third-order valence-corrected chi connectivity index (χ3v) is 5.26. The Morgan fingerprint density at radius 3 is 2.38 bits per heavy atom. The van der Waals surface area contributed by atoms with E-state index < -0.39 is 0 Å². The molecule has 1 aromatic heterocycles. The van der Waals surface area contributed by atoms with Gasteiger partial charge in [0.25, 0.3) is 5.56 Å². The molecule has 0 saturated heterocycles. The van der Waals surface area contributed by atoms with E-state index >= 15 is 0 Å². The van der Waals surface area contributed by atoms with Crippen LogP contribution < -0.4 is 20.3 Å². The zero-order valence-electron chi connectivity index (χ0n) is 18.8. The normalized spacial score (nSPS) is 10.6. The van der Waals surface area contributed by atoms with E-state index in [2.05, 4.69) is 29.5 Å². The molecule has 2 aromatic carbocycles. The van der Waals surface area contributed by atoms with Gasteiger partial charge in [-0.1, -0.05) is 37.3 Å². The van der Waals surface area contributed by atoms with E-state index in [0.717, 1.165) is 17.5 Å². The standard InChI is InChI=1S/C25H29N3O4/c1-4-18-5-8-20(9-6-18)21-10-12-25(30)28(27-21)16-14-24(29)26-15-13-19-7-11-22(31-2)23(17-19)32-3/h5-12,17H,4,13-16H2,1-3H3,(H,26,29). The number of aryl methyl sites for hydroxylation is 2. The van der Waals surface area contributed by atoms with Gasteiger partial charge in [0.15, 0.2) is 11.5 Å². The summed E-state index contributed by atoms with van der Waals surface area (Å²) in [5, 5.41) is 7.32. The summed E-state index contributed by atoms with van der Waals surface area (Å²) in [6.45, 7) is 2.81. The molecule has 168 valence electrons. The van der Waals surface area contributed by atoms with Crippen molar-refractivity contribution in [3.8, 4) is 22.8 Å². The predicted octanol–water partition coefficient (Wildman–Crippen LogP) is 3.24. The van der Waals surface area contributed by atoms with Crippen LogP contribution in [0.3, 0.4) is 0 Å². The average molecular weight is 436 g/mol. The minimum atomic E-state index is -0.225. The van der Waals surface area contributed by atoms with Crippen molar-refractivity contribution in [3.05, 3.63) is 76.1 Å². The molecule has 0 bridgehead atoms. The minimum Gasteiger partial charge on any atom is -0.493 e. The van der Waals surface area contributed by atoms with E-state index in [1.165, 1.54) is 16.3 Å². The second-order valence-corrected chi connectivity index (χ2v) is 7.37. The van der Waals surface area contributed by atoms with Crippen LogP contribution in [-0.4, -0.2) is 36.5 Å². The number of carbonyl (C=O) groups excluding carboxylic acids is 1. The van der Waals surface area contributed by atoms with Crippen molar-refractivity contribution in [2.75, 3.05) is 20.8 Å². The summed E-state index contributed by atoms with van der Waals surface area (Å²) in [6.07, 6.45) is 1.80. The zero-order chi connectivity index (χ0) is 22.9. The van der Waals surface area contributed by atoms with Gasteiger partial charge in [-0.3, -0.25) is 9.59 Å². The van der Waals surface area contributed by atoms with E-state index in [0.29, 0.717) is 30.2 Å². The molecule has 3 rings (SSSR count). The van der Waals surface area contributed by atoms with E-state index in [1.54, 1.807) is 20.3 Å². The SMILES string of the molecule is CCc1ccc(-c2ccc(=O)n(CCC(=O)NCCc3ccc(OC)c(OC)c3)n2)cc1. The predicted molar refractivity (Wildman–Crippen MR) is 124 cm³/mol. The molecule has 0 atom stereocenters.